The summed E-state index contributed by atoms with van der Waals surface area (Å²) < 4.78 is 5.33. The van der Waals surface area contributed by atoms with Gasteiger partial charge < -0.3 is 4.74 Å². The molecule has 1 aliphatic carbocycles. The van der Waals surface area contributed by atoms with E-state index < -0.39 is 0 Å². The predicted octanol–water partition coefficient (Wildman–Crippen LogP) is 9.09. The van der Waals surface area contributed by atoms with E-state index in [0.717, 1.165) is 53.5 Å². The summed E-state index contributed by atoms with van der Waals surface area (Å²) in [6.45, 7) is 30.5. The van der Waals surface area contributed by atoms with Crippen molar-refractivity contribution in [2.75, 3.05) is 6.61 Å². The first kappa shape index (κ1) is 30.1. The molecule has 33 heavy (non-hydrogen) atoms. The molecule has 0 aromatic rings. The molecule has 2 heteroatoms. The van der Waals surface area contributed by atoms with Crippen LogP contribution < -0.4 is 0 Å². The van der Waals surface area contributed by atoms with E-state index in [2.05, 4.69) is 66.7 Å². The molecule has 2 nitrogen and oxygen atoms in total. The number of carbonyl (C=O) groups is 1. The Morgan fingerprint density at radius 1 is 0.879 bits per heavy atom. The Hall–Kier alpha value is -2.87. The highest BCUT2D eigenvalue weighted by molar-refractivity contribution is 5.86. The van der Waals surface area contributed by atoms with Crippen LogP contribution >= 0.6 is 0 Å². The zero-order chi connectivity index (χ0) is 25.4. The zero-order valence-corrected chi connectivity index (χ0v) is 21.7. The van der Waals surface area contributed by atoms with Crippen molar-refractivity contribution in [3.8, 4) is 0 Å². The number of carbonyl (C=O) groups excluding carboxylic acids is 1. The molecular formula is C31H44O2. The van der Waals surface area contributed by atoms with E-state index in [1.54, 1.807) is 6.92 Å². The fraction of sp³-hybridized carbons (Fsp3) is 0.387. The Bertz CT molecular complexity index is 869. The maximum atomic E-state index is 11.7. The van der Waals surface area contributed by atoms with Gasteiger partial charge in [0.15, 0.2) is 0 Å². The van der Waals surface area contributed by atoms with Gasteiger partial charge in [0.05, 0.1) is 6.61 Å². The lowest BCUT2D eigenvalue weighted by Crippen LogP contribution is -2.09. The van der Waals surface area contributed by atoms with Crippen molar-refractivity contribution in [1.82, 2.24) is 0 Å². The van der Waals surface area contributed by atoms with Crippen LogP contribution in [0.15, 0.2) is 108 Å². The summed E-state index contributed by atoms with van der Waals surface area (Å²) in [5, 5.41) is 0. The highest BCUT2D eigenvalue weighted by Gasteiger charge is 2.16. The molecule has 0 bridgehead atoms. The summed E-state index contributed by atoms with van der Waals surface area (Å²) in [6.07, 6.45) is 15.7. The molecule has 0 aromatic carbocycles. The van der Waals surface area contributed by atoms with Crippen molar-refractivity contribution < 1.29 is 9.53 Å². The minimum atomic E-state index is -0.361. The molecule has 0 atom stereocenters. The van der Waals surface area contributed by atoms with Crippen LogP contribution in [0.5, 0.6) is 0 Å². The fourth-order valence-electron chi connectivity index (χ4n) is 2.89. The molecule has 0 spiro atoms. The van der Waals surface area contributed by atoms with Gasteiger partial charge in [0.2, 0.25) is 0 Å². The minimum Gasteiger partial charge on any atom is -0.462 e. The van der Waals surface area contributed by atoms with Crippen molar-refractivity contribution in [3.63, 3.8) is 0 Å². The van der Waals surface area contributed by atoms with Crippen LogP contribution in [0.4, 0.5) is 0 Å². The summed E-state index contributed by atoms with van der Waals surface area (Å²) in [5.41, 5.74) is 8.02. The Kier molecular flexibility index (Phi) is 15.3. The van der Waals surface area contributed by atoms with E-state index in [1.807, 2.05) is 24.3 Å². The number of allylic oxidation sites excluding steroid dienone is 11. The Morgan fingerprint density at radius 3 is 1.88 bits per heavy atom. The van der Waals surface area contributed by atoms with Gasteiger partial charge in [-0.25, -0.2) is 4.79 Å². The topological polar surface area (TPSA) is 26.3 Å². The molecule has 0 aromatic heterocycles. The average Bonchev–Trinajstić information content (AvgIpc) is 2.80. The average molecular weight is 449 g/mol. The number of rotatable bonds is 12. The normalized spacial score (nSPS) is 13.3. The van der Waals surface area contributed by atoms with Crippen LogP contribution in [-0.2, 0) is 9.53 Å². The smallest absolute Gasteiger partial charge is 0.333 e. The first-order valence-corrected chi connectivity index (χ1v) is 12.0. The van der Waals surface area contributed by atoms with Crippen molar-refractivity contribution >= 4 is 5.97 Å². The first-order valence-electron chi connectivity index (χ1n) is 12.0. The Balaban J connectivity index is 0.00000322. The molecule has 1 aliphatic rings. The monoisotopic (exact) mass is 448 g/mol. The van der Waals surface area contributed by atoms with E-state index in [4.69, 9.17) is 4.74 Å². The van der Waals surface area contributed by atoms with Crippen molar-refractivity contribution in [1.29, 1.82) is 0 Å². The quantitative estimate of drug-likeness (QED) is 0.169. The molecule has 1 rings (SSSR count). The molecular weight excluding hydrogens is 404 g/mol. The maximum absolute atomic E-state index is 11.7. The number of ether oxygens (including phenoxy) is 1. The first-order chi connectivity index (χ1) is 15.6. The van der Waals surface area contributed by atoms with E-state index in [1.165, 1.54) is 17.6 Å². The minimum absolute atomic E-state index is 0.307. The van der Waals surface area contributed by atoms with Crippen LogP contribution in [0, 0.1) is 0 Å². The van der Waals surface area contributed by atoms with E-state index in [-0.39, 0.29) is 5.97 Å². The van der Waals surface area contributed by atoms with Crippen LogP contribution in [0.2, 0.25) is 0 Å². The summed E-state index contributed by atoms with van der Waals surface area (Å²) in [7, 11) is 0. The Labute approximate surface area is 203 Å². The second kappa shape index (κ2) is 16.7. The van der Waals surface area contributed by atoms with Crippen LogP contribution in [0.1, 0.15) is 73.1 Å². The van der Waals surface area contributed by atoms with Crippen LogP contribution in [0.3, 0.4) is 0 Å². The van der Waals surface area contributed by atoms with Crippen LogP contribution in [0.25, 0.3) is 0 Å². The third-order valence-corrected chi connectivity index (χ3v) is 5.08. The summed E-state index contributed by atoms with van der Waals surface area (Å²) in [5.74, 6) is -0.361. The molecule has 0 fully saturated rings. The van der Waals surface area contributed by atoms with Gasteiger partial charge in [0, 0.05) is 12.0 Å². The lowest BCUT2D eigenvalue weighted by atomic mass is 9.84. The largest absolute Gasteiger partial charge is 0.462 e. The lowest BCUT2D eigenvalue weighted by Gasteiger charge is -2.22. The van der Waals surface area contributed by atoms with Gasteiger partial charge in [-0.15, -0.1) is 0 Å². The highest BCUT2D eigenvalue weighted by Crippen LogP contribution is 2.34. The molecule has 0 amide bonds. The highest BCUT2D eigenvalue weighted by atomic mass is 16.5. The number of hydrogen-bond donors (Lipinski definition) is 0. The van der Waals surface area contributed by atoms with E-state index in [9.17, 15) is 4.79 Å². The van der Waals surface area contributed by atoms with Gasteiger partial charge in [0.25, 0.3) is 0 Å². The SMILES string of the molecule is C=C(/C=C\C(=C)C1=CC(CCOC(=O)C(=C)C)=C(C(=C)/C=C\C(=C)CC)CC1)CC.CCC. The van der Waals surface area contributed by atoms with Gasteiger partial charge in [-0.1, -0.05) is 109 Å². The molecule has 0 aliphatic heterocycles. The standard InChI is InChI=1S/C28H36O2.C3H8/c1-9-21(5)11-13-23(7)25-15-16-27(24(8)14-12-22(6)10-2)26(19-25)17-18-30-28(29)20(3)4;1-3-2/h11-14,19H,3,5-10,15-18H2,1-2,4H3;3H2,1-2H3/b13-11-,14-12-;. The van der Waals surface area contributed by atoms with Gasteiger partial charge in [-0.3, -0.25) is 0 Å². The number of hydrogen-bond acceptors (Lipinski definition) is 2. The maximum Gasteiger partial charge on any atom is 0.333 e. The summed E-state index contributed by atoms with van der Waals surface area (Å²) in [4.78, 5) is 11.7. The molecule has 0 saturated carbocycles. The summed E-state index contributed by atoms with van der Waals surface area (Å²) >= 11 is 0. The van der Waals surface area contributed by atoms with Gasteiger partial charge in [-0.2, -0.15) is 0 Å². The molecule has 180 valence electrons. The van der Waals surface area contributed by atoms with E-state index >= 15 is 0 Å². The van der Waals surface area contributed by atoms with Gasteiger partial charge in [-0.05, 0) is 60.5 Å². The van der Waals surface area contributed by atoms with Gasteiger partial charge in [0.1, 0.15) is 0 Å². The second-order valence-electron chi connectivity index (χ2n) is 8.29. The fourth-order valence-corrected chi connectivity index (χ4v) is 2.89. The predicted molar refractivity (Wildman–Crippen MR) is 146 cm³/mol. The molecule has 0 saturated heterocycles. The van der Waals surface area contributed by atoms with Crippen molar-refractivity contribution in [3.05, 3.63) is 108 Å². The second-order valence-corrected chi connectivity index (χ2v) is 8.29. The third-order valence-electron chi connectivity index (χ3n) is 5.08. The molecule has 0 heterocycles. The van der Waals surface area contributed by atoms with Crippen molar-refractivity contribution in [2.45, 2.75) is 73.1 Å². The lowest BCUT2D eigenvalue weighted by molar-refractivity contribution is -0.138. The summed E-state index contributed by atoms with van der Waals surface area (Å²) in [6, 6.07) is 0. The third kappa shape index (κ3) is 12.1. The van der Waals surface area contributed by atoms with Crippen molar-refractivity contribution in [2.24, 2.45) is 0 Å². The Morgan fingerprint density at radius 2 is 1.39 bits per heavy atom. The number of esters is 1. The van der Waals surface area contributed by atoms with Gasteiger partial charge >= 0.3 is 5.97 Å². The van der Waals surface area contributed by atoms with E-state index in [0.29, 0.717) is 18.6 Å². The van der Waals surface area contributed by atoms with Crippen LogP contribution in [-0.4, -0.2) is 12.6 Å². The molecule has 0 unspecified atom stereocenters. The molecule has 0 N–H and O–H groups in total. The molecule has 0 radical (unpaired) electrons. The zero-order valence-electron chi connectivity index (χ0n) is 21.7.